The molecule has 0 saturated carbocycles. The molecule has 74 valence electrons. The molecule has 1 rings (SSSR count). The van der Waals surface area contributed by atoms with E-state index in [9.17, 15) is 0 Å². The second kappa shape index (κ2) is 4.78. The summed E-state index contributed by atoms with van der Waals surface area (Å²) < 4.78 is 31.1. The second-order valence-electron chi connectivity index (χ2n) is 2.41. The summed E-state index contributed by atoms with van der Waals surface area (Å²) >= 11 is 0. The standard InChI is InChI=1S/C6H9N2.CH4O3S/c1-3-8-5-4-7(2)6-8;1-5(2,3)4/h3-6H,1H2,2H3;1H3,(H,2,3,4)/q+1;/p-1. The molecular weight excluding hydrogens is 192 g/mol. The van der Waals surface area contributed by atoms with Gasteiger partial charge in [0.15, 0.2) is 0 Å². The molecule has 1 aromatic rings. The van der Waals surface area contributed by atoms with Gasteiger partial charge in [0.2, 0.25) is 6.33 Å². The first kappa shape index (κ1) is 11.9. The number of nitrogens with zero attached hydrogens (tertiary/aromatic N) is 2. The quantitative estimate of drug-likeness (QED) is 0.460. The molecule has 0 radical (unpaired) electrons. The van der Waals surface area contributed by atoms with Gasteiger partial charge in [-0.15, -0.1) is 0 Å². The van der Waals surface area contributed by atoms with Crippen molar-refractivity contribution in [3.05, 3.63) is 25.3 Å². The normalized spacial score (nSPS) is 10.1. The van der Waals surface area contributed by atoms with Crippen LogP contribution in [0.1, 0.15) is 0 Å². The van der Waals surface area contributed by atoms with E-state index in [1.165, 1.54) is 0 Å². The highest BCUT2D eigenvalue weighted by Crippen LogP contribution is 1.79. The van der Waals surface area contributed by atoms with Gasteiger partial charge in [0, 0.05) is 6.26 Å². The molecular formula is C7H12N2O3S. The van der Waals surface area contributed by atoms with Gasteiger partial charge in [0.1, 0.15) is 12.4 Å². The number of hydrogen-bond acceptors (Lipinski definition) is 3. The molecule has 0 aliphatic rings. The molecule has 0 N–H and O–H groups in total. The van der Waals surface area contributed by atoms with Crippen molar-refractivity contribution < 1.29 is 17.5 Å². The fourth-order valence-electron chi connectivity index (χ4n) is 0.577. The van der Waals surface area contributed by atoms with Gasteiger partial charge in [0.25, 0.3) is 0 Å². The summed E-state index contributed by atoms with van der Waals surface area (Å²) in [5, 5.41) is 0. The molecule has 0 aromatic carbocycles. The molecule has 0 fully saturated rings. The Balaban J connectivity index is 0.000000252. The Morgan fingerprint density at radius 1 is 1.62 bits per heavy atom. The summed E-state index contributed by atoms with van der Waals surface area (Å²) in [6, 6.07) is 0. The van der Waals surface area contributed by atoms with Gasteiger partial charge in [-0.3, -0.25) is 0 Å². The Morgan fingerprint density at radius 2 is 2.08 bits per heavy atom. The zero-order valence-corrected chi connectivity index (χ0v) is 8.36. The van der Waals surface area contributed by atoms with Crippen LogP contribution >= 0.6 is 0 Å². The SMILES string of the molecule is C=Cn1cc[n+](C)c1.CS(=O)(=O)[O-]. The highest BCUT2D eigenvalue weighted by atomic mass is 32.2. The van der Waals surface area contributed by atoms with E-state index in [-0.39, 0.29) is 0 Å². The van der Waals surface area contributed by atoms with Gasteiger partial charge < -0.3 is 4.55 Å². The smallest absolute Gasteiger partial charge is 0.248 e. The van der Waals surface area contributed by atoms with Crippen molar-refractivity contribution in [2.24, 2.45) is 7.05 Å². The van der Waals surface area contributed by atoms with Crippen molar-refractivity contribution in [2.45, 2.75) is 0 Å². The number of aromatic nitrogens is 2. The highest BCUT2D eigenvalue weighted by molar-refractivity contribution is 7.84. The van der Waals surface area contributed by atoms with E-state index in [0.29, 0.717) is 6.26 Å². The van der Waals surface area contributed by atoms with Crippen LogP contribution in [-0.2, 0) is 17.2 Å². The third-order valence-corrected chi connectivity index (χ3v) is 1.00. The molecule has 0 atom stereocenters. The third kappa shape index (κ3) is 8.77. The van der Waals surface area contributed by atoms with E-state index < -0.39 is 10.1 Å². The Bertz CT molecular complexity index is 359. The minimum Gasteiger partial charge on any atom is -0.748 e. The predicted molar refractivity (Wildman–Crippen MR) is 47.6 cm³/mol. The summed E-state index contributed by atoms with van der Waals surface area (Å²) in [5.41, 5.74) is 0. The van der Waals surface area contributed by atoms with E-state index in [0.717, 1.165) is 0 Å². The maximum absolute atomic E-state index is 9.08. The fraction of sp³-hybridized carbons (Fsp3) is 0.286. The van der Waals surface area contributed by atoms with E-state index >= 15 is 0 Å². The molecule has 0 saturated heterocycles. The van der Waals surface area contributed by atoms with Gasteiger partial charge in [-0.1, -0.05) is 6.58 Å². The number of aryl methyl sites for hydroxylation is 1. The van der Waals surface area contributed by atoms with Gasteiger partial charge in [0.05, 0.1) is 23.4 Å². The van der Waals surface area contributed by atoms with Crippen LogP contribution in [0.5, 0.6) is 0 Å². The molecule has 0 aliphatic carbocycles. The van der Waals surface area contributed by atoms with Crippen molar-refractivity contribution in [1.29, 1.82) is 0 Å². The van der Waals surface area contributed by atoms with Crippen LogP contribution < -0.4 is 4.57 Å². The molecule has 13 heavy (non-hydrogen) atoms. The Morgan fingerprint density at radius 3 is 2.23 bits per heavy atom. The van der Waals surface area contributed by atoms with Crippen LogP contribution in [-0.4, -0.2) is 23.8 Å². The number of rotatable bonds is 1. The van der Waals surface area contributed by atoms with Gasteiger partial charge in [-0.05, 0) is 0 Å². The van der Waals surface area contributed by atoms with Gasteiger partial charge in [-0.2, -0.15) is 0 Å². The minimum absolute atomic E-state index is 0.604. The Hall–Kier alpha value is -1.14. The van der Waals surface area contributed by atoms with Crippen LogP contribution in [0.4, 0.5) is 0 Å². The lowest BCUT2D eigenvalue weighted by Gasteiger charge is -1.90. The third-order valence-electron chi connectivity index (χ3n) is 1.00. The summed E-state index contributed by atoms with van der Waals surface area (Å²) in [6.45, 7) is 3.59. The van der Waals surface area contributed by atoms with Crippen LogP contribution in [0.15, 0.2) is 25.3 Å². The van der Waals surface area contributed by atoms with Crippen molar-refractivity contribution in [2.75, 3.05) is 6.26 Å². The second-order valence-corrected chi connectivity index (χ2v) is 3.82. The maximum atomic E-state index is 9.08. The van der Waals surface area contributed by atoms with Crippen LogP contribution in [0.3, 0.4) is 0 Å². The first-order valence-corrected chi connectivity index (χ1v) is 5.20. The molecule has 1 heterocycles. The van der Waals surface area contributed by atoms with Crippen LogP contribution in [0.25, 0.3) is 6.20 Å². The molecule has 0 unspecified atom stereocenters. The van der Waals surface area contributed by atoms with Crippen molar-refractivity contribution in [3.63, 3.8) is 0 Å². The average Bonchev–Trinajstić information content (AvgIpc) is 2.31. The molecule has 0 aliphatic heterocycles. The van der Waals surface area contributed by atoms with E-state index in [2.05, 4.69) is 6.58 Å². The minimum atomic E-state index is -3.92. The molecule has 0 spiro atoms. The number of hydrogen-bond donors (Lipinski definition) is 0. The molecule has 6 heteroatoms. The monoisotopic (exact) mass is 204 g/mol. The molecule has 1 aromatic heterocycles. The molecule has 0 amide bonds. The summed E-state index contributed by atoms with van der Waals surface area (Å²) in [5.74, 6) is 0. The molecule has 0 bridgehead atoms. The summed E-state index contributed by atoms with van der Waals surface area (Å²) in [4.78, 5) is 0. The lowest BCUT2D eigenvalue weighted by atomic mass is 10.8. The lowest BCUT2D eigenvalue weighted by molar-refractivity contribution is -0.670. The first-order valence-electron chi connectivity index (χ1n) is 3.39. The van der Waals surface area contributed by atoms with Crippen LogP contribution in [0.2, 0.25) is 0 Å². The van der Waals surface area contributed by atoms with E-state index in [4.69, 9.17) is 13.0 Å². The Labute approximate surface area is 77.7 Å². The van der Waals surface area contributed by atoms with Gasteiger partial charge >= 0.3 is 0 Å². The van der Waals surface area contributed by atoms with Crippen molar-refractivity contribution >= 4 is 16.3 Å². The van der Waals surface area contributed by atoms with Crippen molar-refractivity contribution in [1.82, 2.24) is 4.57 Å². The zero-order valence-electron chi connectivity index (χ0n) is 7.54. The predicted octanol–water partition coefficient (Wildman–Crippen LogP) is -0.425. The largest absolute Gasteiger partial charge is 0.748 e. The Kier molecular flexibility index (Phi) is 4.36. The summed E-state index contributed by atoms with van der Waals surface area (Å²) in [6.07, 6.45) is 8.19. The van der Waals surface area contributed by atoms with E-state index in [1.807, 2.05) is 34.9 Å². The lowest BCUT2D eigenvalue weighted by Crippen LogP contribution is -2.23. The first-order chi connectivity index (χ1) is 5.83. The number of imidazole rings is 1. The fourth-order valence-corrected chi connectivity index (χ4v) is 0.577. The highest BCUT2D eigenvalue weighted by Gasteiger charge is 1.90. The zero-order chi connectivity index (χ0) is 10.5. The summed E-state index contributed by atoms with van der Waals surface area (Å²) in [7, 11) is -1.94. The van der Waals surface area contributed by atoms with E-state index in [1.54, 1.807) is 6.20 Å². The topological polar surface area (TPSA) is 66.0 Å². The van der Waals surface area contributed by atoms with Crippen molar-refractivity contribution in [3.8, 4) is 0 Å². The van der Waals surface area contributed by atoms with Gasteiger partial charge in [-0.25, -0.2) is 17.6 Å². The van der Waals surface area contributed by atoms with Crippen LogP contribution in [0, 0.1) is 0 Å². The molecule has 5 nitrogen and oxygen atoms in total. The maximum Gasteiger partial charge on any atom is 0.248 e. The average molecular weight is 204 g/mol.